The number of nitrogens with zero attached hydrogens (tertiary/aromatic N) is 1. The Kier molecular flexibility index (Phi) is 4.97. The largest absolute Gasteiger partial charge is 0.478 e. The van der Waals surface area contributed by atoms with Crippen LogP contribution in [0.4, 0.5) is 0 Å². The van der Waals surface area contributed by atoms with Crippen molar-refractivity contribution in [2.24, 2.45) is 0 Å². The summed E-state index contributed by atoms with van der Waals surface area (Å²) in [6, 6.07) is 1.43. The lowest BCUT2D eigenvalue weighted by Gasteiger charge is -2.01. The van der Waals surface area contributed by atoms with Crippen LogP contribution in [0.15, 0.2) is 10.5 Å². The SMILES string of the molecule is CCCc1nc(C)c(C(=O)NCc2cc(C(=O)O)c(C)o2)s1. The summed E-state index contributed by atoms with van der Waals surface area (Å²) >= 11 is 1.39. The molecule has 118 valence electrons. The van der Waals surface area contributed by atoms with E-state index in [0.717, 1.165) is 17.8 Å². The second kappa shape index (κ2) is 6.74. The van der Waals surface area contributed by atoms with Crippen molar-refractivity contribution in [1.29, 1.82) is 0 Å². The fourth-order valence-corrected chi connectivity index (χ4v) is 3.16. The number of furan rings is 1. The number of amides is 1. The molecule has 0 aliphatic carbocycles. The third kappa shape index (κ3) is 3.54. The van der Waals surface area contributed by atoms with Crippen molar-refractivity contribution in [3.05, 3.63) is 38.7 Å². The Morgan fingerprint density at radius 3 is 2.73 bits per heavy atom. The predicted molar refractivity (Wildman–Crippen MR) is 82.4 cm³/mol. The van der Waals surface area contributed by atoms with Gasteiger partial charge in [0.2, 0.25) is 0 Å². The highest BCUT2D eigenvalue weighted by molar-refractivity contribution is 7.13. The molecule has 0 saturated heterocycles. The van der Waals surface area contributed by atoms with Crippen LogP contribution in [0.1, 0.15) is 55.6 Å². The van der Waals surface area contributed by atoms with Gasteiger partial charge in [0.05, 0.1) is 17.2 Å². The molecule has 7 heteroatoms. The lowest BCUT2D eigenvalue weighted by atomic mass is 10.2. The Morgan fingerprint density at radius 2 is 2.14 bits per heavy atom. The van der Waals surface area contributed by atoms with Crippen LogP contribution in [-0.2, 0) is 13.0 Å². The van der Waals surface area contributed by atoms with Gasteiger partial charge < -0.3 is 14.8 Å². The van der Waals surface area contributed by atoms with Crippen LogP contribution in [0, 0.1) is 13.8 Å². The summed E-state index contributed by atoms with van der Waals surface area (Å²) in [4.78, 5) is 28.1. The van der Waals surface area contributed by atoms with Gasteiger partial charge in [-0.2, -0.15) is 0 Å². The van der Waals surface area contributed by atoms with Gasteiger partial charge in [0, 0.05) is 0 Å². The molecule has 0 unspecified atom stereocenters. The van der Waals surface area contributed by atoms with E-state index in [2.05, 4.69) is 17.2 Å². The number of carboxylic acids is 1. The fraction of sp³-hybridized carbons (Fsp3) is 0.400. The monoisotopic (exact) mass is 322 g/mol. The zero-order chi connectivity index (χ0) is 16.3. The second-order valence-corrected chi connectivity index (χ2v) is 6.03. The maximum absolute atomic E-state index is 12.2. The highest BCUT2D eigenvalue weighted by Crippen LogP contribution is 2.20. The first-order valence-electron chi connectivity index (χ1n) is 6.99. The average Bonchev–Trinajstić information content (AvgIpc) is 3.00. The number of carboxylic acid groups (broad SMARTS) is 1. The topological polar surface area (TPSA) is 92.4 Å². The zero-order valence-corrected chi connectivity index (χ0v) is 13.5. The van der Waals surface area contributed by atoms with E-state index in [4.69, 9.17) is 9.52 Å². The molecule has 2 heterocycles. The number of aryl methyl sites for hydroxylation is 3. The van der Waals surface area contributed by atoms with E-state index in [9.17, 15) is 9.59 Å². The summed E-state index contributed by atoms with van der Waals surface area (Å²) < 4.78 is 5.33. The summed E-state index contributed by atoms with van der Waals surface area (Å²) in [6.45, 7) is 5.60. The third-order valence-corrected chi connectivity index (χ3v) is 4.35. The zero-order valence-electron chi connectivity index (χ0n) is 12.7. The van der Waals surface area contributed by atoms with E-state index in [1.165, 1.54) is 17.4 Å². The highest BCUT2D eigenvalue weighted by Gasteiger charge is 2.17. The minimum absolute atomic E-state index is 0.114. The van der Waals surface area contributed by atoms with Gasteiger partial charge in [-0.05, 0) is 32.8 Å². The molecule has 0 saturated carbocycles. The van der Waals surface area contributed by atoms with Crippen molar-refractivity contribution < 1.29 is 19.1 Å². The Morgan fingerprint density at radius 1 is 1.41 bits per heavy atom. The third-order valence-electron chi connectivity index (χ3n) is 3.13. The van der Waals surface area contributed by atoms with Crippen LogP contribution >= 0.6 is 11.3 Å². The molecule has 0 spiro atoms. The molecule has 22 heavy (non-hydrogen) atoms. The molecular weight excluding hydrogens is 304 g/mol. The lowest BCUT2D eigenvalue weighted by Crippen LogP contribution is -2.22. The molecule has 0 fully saturated rings. The first-order chi connectivity index (χ1) is 10.4. The first-order valence-corrected chi connectivity index (χ1v) is 7.81. The molecule has 0 atom stereocenters. The number of aromatic carboxylic acids is 1. The van der Waals surface area contributed by atoms with Crippen molar-refractivity contribution in [3.8, 4) is 0 Å². The molecule has 6 nitrogen and oxygen atoms in total. The lowest BCUT2D eigenvalue weighted by molar-refractivity contribution is 0.0694. The number of thiazole rings is 1. The summed E-state index contributed by atoms with van der Waals surface area (Å²) in [5.41, 5.74) is 0.830. The van der Waals surface area contributed by atoms with Gasteiger partial charge in [-0.25, -0.2) is 9.78 Å². The standard InChI is InChI=1S/C15H18N2O4S/c1-4-5-12-17-8(2)13(22-12)14(18)16-7-10-6-11(15(19)20)9(3)21-10/h6H,4-5,7H2,1-3H3,(H,16,18)(H,19,20). The molecule has 0 aliphatic heterocycles. The van der Waals surface area contributed by atoms with E-state index in [-0.39, 0.29) is 18.0 Å². The Balaban J connectivity index is 2.03. The van der Waals surface area contributed by atoms with Crippen molar-refractivity contribution in [1.82, 2.24) is 10.3 Å². The van der Waals surface area contributed by atoms with E-state index < -0.39 is 5.97 Å². The van der Waals surface area contributed by atoms with Crippen LogP contribution in [-0.4, -0.2) is 22.0 Å². The van der Waals surface area contributed by atoms with Crippen molar-refractivity contribution in [2.75, 3.05) is 0 Å². The molecule has 0 bridgehead atoms. The Bertz CT molecular complexity index is 702. The number of carbonyl (C=O) groups excluding carboxylic acids is 1. The second-order valence-electron chi connectivity index (χ2n) is 4.94. The number of carbonyl (C=O) groups is 2. The molecule has 2 aromatic rings. The van der Waals surface area contributed by atoms with Crippen LogP contribution in [0.2, 0.25) is 0 Å². The minimum atomic E-state index is -1.04. The van der Waals surface area contributed by atoms with Gasteiger partial charge in [0.15, 0.2) is 0 Å². The number of rotatable bonds is 6. The highest BCUT2D eigenvalue weighted by atomic mass is 32.1. The summed E-state index contributed by atoms with van der Waals surface area (Å²) in [7, 11) is 0. The predicted octanol–water partition coefficient (Wildman–Crippen LogP) is 2.93. The normalized spacial score (nSPS) is 10.7. The van der Waals surface area contributed by atoms with Gasteiger partial charge in [-0.1, -0.05) is 6.92 Å². The number of aromatic nitrogens is 1. The smallest absolute Gasteiger partial charge is 0.339 e. The molecule has 0 radical (unpaired) electrons. The summed E-state index contributed by atoms with van der Waals surface area (Å²) in [6.07, 6.45) is 1.84. The number of nitrogens with one attached hydrogen (secondary N) is 1. The minimum Gasteiger partial charge on any atom is -0.478 e. The van der Waals surface area contributed by atoms with Gasteiger partial charge in [-0.3, -0.25) is 4.79 Å². The van der Waals surface area contributed by atoms with Crippen LogP contribution in [0.25, 0.3) is 0 Å². The molecular formula is C15H18N2O4S. The van der Waals surface area contributed by atoms with E-state index in [0.29, 0.717) is 22.1 Å². The van der Waals surface area contributed by atoms with Crippen molar-refractivity contribution >= 4 is 23.2 Å². The number of hydrogen-bond acceptors (Lipinski definition) is 5. The summed E-state index contributed by atoms with van der Waals surface area (Å²) in [5.74, 6) is -0.514. The van der Waals surface area contributed by atoms with E-state index in [1.807, 2.05) is 6.92 Å². The maximum Gasteiger partial charge on any atom is 0.339 e. The summed E-state index contributed by atoms with van der Waals surface area (Å²) in [5, 5.41) is 12.7. The van der Waals surface area contributed by atoms with E-state index >= 15 is 0 Å². The molecule has 2 aromatic heterocycles. The molecule has 1 amide bonds. The van der Waals surface area contributed by atoms with Crippen LogP contribution < -0.4 is 5.32 Å². The molecule has 2 rings (SSSR count). The Labute approximate surface area is 132 Å². The van der Waals surface area contributed by atoms with Gasteiger partial charge in [-0.15, -0.1) is 11.3 Å². The van der Waals surface area contributed by atoms with Crippen LogP contribution in [0.3, 0.4) is 0 Å². The van der Waals surface area contributed by atoms with Gasteiger partial charge >= 0.3 is 5.97 Å². The van der Waals surface area contributed by atoms with Crippen LogP contribution in [0.5, 0.6) is 0 Å². The van der Waals surface area contributed by atoms with Gasteiger partial charge in [0.25, 0.3) is 5.91 Å². The average molecular weight is 322 g/mol. The van der Waals surface area contributed by atoms with E-state index in [1.54, 1.807) is 6.92 Å². The molecule has 0 aliphatic rings. The molecule has 0 aromatic carbocycles. The first kappa shape index (κ1) is 16.2. The maximum atomic E-state index is 12.2. The fourth-order valence-electron chi connectivity index (χ4n) is 2.07. The Hall–Kier alpha value is -2.15. The molecule has 2 N–H and O–H groups in total. The van der Waals surface area contributed by atoms with Gasteiger partial charge in [0.1, 0.15) is 22.0 Å². The van der Waals surface area contributed by atoms with Crippen molar-refractivity contribution in [3.63, 3.8) is 0 Å². The number of hydrogen-bond donors (Lipinski definition) is 2. The van der Waals surface area contributed by atoms with Crippen molar-refractivity contribution in [2.45, 2.75) is 40.2 Å². The quantitative estimate of drug-likeness (QED) is 0.853.